The van der Waals surface area contributed by atoms with Crippen LogP contribution in [-0.2, 0) is 0 Å². The molecule has 0 amide bonds. The molecule has 0 aliphatic heterocycles. The second-order valence-electron chi connectivity index (χ2n) is 2.49. The van der Waals surface area contributed by atoms with Gasteiger partial charge in [-0.1, -0.05) is 6.07 Å². The first-order chi connectivity index (χ1) is 6.02. The lowest BCUT2D eigenvalue weighted by atomic mass is 10.1. The lowest BCUT2D eigenvalue weighted by molar-refractivity contribution is -0.00583. The summed E-state index contributed by atoms with van der Waals surface area (Å²) in [5.41, 5.74) is 0.0691. The van der Waals surface area contributed by atoms with E-state index < -0.39 is 12.5 Å². The predicted molar refractivity (Wildman–Crippen MR) is 46.8 cm³/mol. The zero-order valence-corrected chi connectivity index (χ0v) is 8.00. The molecule has 1 rings (SSSR count). The minimum absolute atomic E-state index is 0.0507. The van der Waals surface area contributed by atoms with E-state index in [1.165, 1.54) is 18.2 Å². The summed E-state index contributed by atoms with van der Waals surface area (Å²) in [5, 5.41) is 18.0. The maximum atomic E-state index is 12.0. The summed E-state index contributed by atoms with van der Waals surface area (Å²) in [6.45, 7) is 0. The topological polar surface area (TPSA) is 40.5 Å². The molecular weight excluding hydrogens is 246 g/mol. The van der Waals surface area contributed by atoms with Gasteiger partial charge in [0.05, 0.1) is 4.47 Å². The van der Waals surface area contributed by atoms with Crippen LogP contribution in [0.1, 0.15) is 11.7 Å². The first-order valence-corrected chi connectivity index (χ1v) is 4.26. The molecule has 72 valence electrons. The number of aliphatic hydroxyl groups is 1. The van der Waals surface area contributed by atoms with Gasteiger partial charge in [-0.15, -0.1) is 0 Å². The number of rotatable bonds is 2. The van der Waals surface area contributed by atoms with Crippen molar-refractivity contribution in [3.8, 4) is 5.75 Å². The monoisotopic (exact) mass is 252 g/mol. The quantitative estimate of drug-likeness (QED) is 0.849. The van der Waals surface area contributed by atoms with Crippen LogP contribution in [0, 0.1) is 0 Å². The molecule has 0 aliphatic carbocycles. The predicted octanol–water partition coefficient (Wildman–Crippen LogP) is 2.45. The second kappa shape index (κ2) is 4.02. The van der Waals surface area contributed by atoms with Gasteiger partial charge in [0.2, 0.25) is 0 Å². The highest BCUT2D eigenvalue weighted by atomic mass is 79.9. The van der Waals surface area contributed by atoms with Gasteiger partial charge < -0.3 is 10.2 Å². The summed E-state index contributed by atoms with van der Waals surface area (Å²) >= 11 is 2.96. The molecule has 5 heteroatoms. The van der Waals surface area contributed by atoms with Gasteiger partial charge in [-0.25, -0.2) is 8.78 Å². The SMILES string of the molecule is Oc1ccc(C(O)C(F)F)cc1Br. The number of aliphatic hydroxyl groups excluding tert-OH is 1. The number of hydrogen-bond acceptors (Lipinski definition) is 2. The fourth-order valence-electron chi connectivity index (χ4n) is 0.853. The van der Waals surface area contributed by atoms with Crippen LogP contribution in [0.3, 0.4) is 0 Å². The Morgan fingerprint density at radius 3 is 2.38 bits per heavy atom. The summed E-state index contributed by atoms with van der Waals surface area (Å²) < 4.78 is 24.3. The van der Waals surface area contributed by atoms with Crippen molar-refractivity contribution < 1.29 is 19.0 Å². The van der Waals surface area contributed by atoms with E-state index in [4.69, 9.17) is 10.2 Å². The molecule has 2 nitrogen and oxygen atoms in total. The molecule has 0 bridgehead atoms. The molecule has 13 heavy (non-hydrogen) atoms. The van der Waals surface area contributed by atoms with Gasteiger partial charge in [0.1, 0.15) is 11.9 Å². The standard InChI is InChI=1S/C8H7BrF2O2/c9-5-3-4(1-2-6(5)12)7(13)8(10)11/h1-3,7-8,12-13H. The Labute approximate surface area is 81.9 Å². The van der Waals surface area contributed by atoms with Gasteiger partial charge in [-0.05, 0) is 33.6 Å². The van der Waals surface area contributed by atoms with Gasteiger partial charge >= 0.3 is 0 Å². The van der Waals surface area contributed by atoms with E-state index in [2.05, 4.69) is 15.9 Å². The third-order valence-electron chi connectivity index (χ3n) is 1.55. The van der Waals surface area contributed by atoms with Crippen LogP contribution in [0.15, 0.2) is 22.7 Å². The van der Waals surface area contributed by atoms with Crippen molar-refractivity contribution in [3.05, 3.63) is 28.2 Å². The van der Waals surface area contributed by atoms with Crippen molar-refractivity contribution in [2.45, 2.75) is 12.5 Å². The fourth-order valence-corrected chi connectivity index (χ4v) is 1.25. The Kier molecular flexibility index (Phi) is 3.22. The Bertz CT molecular complexity index is 304. The lowest BCUT2D eigenvalue weighted by Crippen LogP contribution is -2.07. The molecule has 0 spiro atoms. The highest BCUT2D eigenvalue weighted by Gasteiger charge is 2.19. The molecule has 0 aliphatic rings. The molecule has 0 fully saturated rings. The minimum Gasteiger partial charge on any atom is -0.507 e. The first-order valence-electron chi connectivity index (χ1n) is 3.47. The van der Waals surface area contributed by atoms with E-state index in [-0.39, 0.29) is 15.8 Å². The second-order valence-corrected chi connectivity index (χ2v) is 3.34. The van der Waals surface area contributed by atoms with Crippen LogP contribution in [0.5, 0.6) is 5.75 Å². The zero-order chi connectivity index (χ0) is 10.0. The molecule has 0 aromatic heterocycles. The number of aromatic hydroxyl groups is 1. The number of hydrogen-bond donors (Lipinski definition) is 2. The average Bonchev–Trinajstić information content (AvgIpc) is 2.08. The van der Waals surface area contributed by atoms with Crippen LogP contribution in [0.25, 0.3) is 0 Å². The average molecular weight is 253 g/mol. The van der Waals surface area contributed by atoms with E-state index in [0.717, 1.165) is 0 Å². The van der Waals surface area contributed by atoms with Gasteiger partial charge in [0, 0.05) is 0 Å². The number of phenolic OH excluding ortho intramolecular Hbond substituents is 1. The summed E-state index contributed by atoms with van der Waals surface area (Å²) in [5.74, 6) is -0.0507. The van der Waals surface area contributed by atoms with Crippen molar-refractivity contribution in [2.24, 2.45) is 0 Å². The van der Waals surface area contributed by atoms with Gasteiger partial charge in [-0.3, -0.25) is 0 Å². The number of phenols is 1. The number of benzene rings is 1. The zero-order valence-electron chi connectivity index (χ0n) is 6.42. The molecule has 1 atom stereocenters. The van der Waals surface area contributed by atoms with Crippen molar-refractivity contribution in [1.82, 2.24) is 0 Å². The summed E-state index contributed by atoms with van der Waals surface area (Å²) in [4.78, 5) is 0. The van der Waals surface area contributed by atoms with Crippen molar-refractivity contribution in [1.29, 1.82) is 0 Å². The molecule has 0 heterocycles. The van der Waals surface area contributed by atoms with Crippen LogP contribution < -0.4 is 0 Å². The maximum absolute atomic E-state index is 12.0. The summed E-state index contributed by atoms with van der Waals surface area (Å²) in [6, 6.07) is 3.74. The van der Waals surface area contributed by atoms with Crippen molar-refractivity contribution >= 4 is 15.9 Å². The Morgan fingerprint density at radius 1 is 1.31 bits per heavy atom. The van der Waals surface area contributed by atoms with Crippen LogP contribution in [0.4, 0.5) is 8.78 Å². The van der Waals surface area contributed by atoms with Crippen molar-refractivity contribution in [3.63, 3.8) is 0 Å². The molecule has 0 saturated heterocycles. The van der Waals surface area contributed by atoms with Gasteiger partial charge in [0.15, 0.2) is 0 Å². The molecule has 1 aromatic rings. The van der Waals surface area contributed by atoms with Gasteiger partial charge in [-0.2, -0.15) is 0 Å². The maximum Gasteiger partial charge on any atom is 0.268 e. The van der Waals surface area contributed by atoms with Crippen LogP contribution >= 0.6 is 15.9 Å². The highest BCUT2D eigenvalue weighted by molar-refractivity contribution is 9.10. The number of halogens is 3. The van der Waals surface area contributed by atoms with E-state index in [0.29, 0.717) is 0 Å². The molecular formula is C8H7BrF2O2. The third-order valence-corrected chi connectivity index (χ3v) is 2.19. The van der Waals surface area contributed by atoms with E-state index in [9.17, 15) is 8.78 Å². The molecule has 1 aromatic carbocycles. The van der Waals surface area contributed by atoms with Crippen molar-refractivity contribution in [2.75, 3.05) is 0 Å². The smallest absolute Gasteiger partial charge is 0.268 e. The number of alkyl halides is 2. The largest absolute Gasteiger partial charge is 0.507 e. The third kappa shape index (κ3) is 2.38. The normalized spacial score (nSPS) is 13.3. The molecule has 0 radical (unpaired) electrons. The Balaban J connectivity index is 2.97. The van der Waals surface area contributed by atoms with E-state index >= 15 is 0 Å². The van der Waals surface area contributed by atoms with Gasteiger partial charge in [0.25, 0.3) is 6.43 Å². The van der Waals surface area contributed by atoms with Crippen LogP contribution in [0.2, 0.25) is 0 Å². The molecule has 1 unspecified atom stereocenters. The lowest BCUT2D eigenvalue weighted by Gasteiger charge is -2.10. The van der Waals surface area contributed by atoms with Crippen LogP contribution in [-0.4, -0.2) is 16.6 Å². The molecule has 2 N–H and O–H groups in total. The first kappa shape index (κ1) is 10.4. The fraction of sp³-hybridized carbons (Fsp3) is 0.250. The summed E-state index contributed by atoms with van der Waals surface area (Å²) in [7, 11) is 0. The minimum atomic E-state index is -2.82. The highest BCUT2D eigenvalue weighted by Crippen LogP contribution is 2.29. The van der Waals surface area contributed by atoms with E-state index in [1.807, 2.05) is 0 Å². The van der Waals surface area contributed by atoms with E-state index in [1.54, 1.807) is 0 Å². The summed E-state index contributed by atoms with van der Waals surface area (Å²) in [6.07, 6.45) is -4.63. The Hall–Kier alpha value is -0.680. The Morgan fingerprint density at radius 2 is 1.92 bits per heavy atom. The molecule has 0 saturated carbocycles.